The Balaban J connectivity index is 1.57. The Hall–Kier alpha value is -3.73. The molecule has 0 fully saturated rings. The fourth-order valence-electron chi connectivity index (χ4n) is 2.85. The summed E-state index contributed by atoms with van der Waals surface area (Å²) in [6.07, 6.45) is 6.42. The number of carbonyl (C=O) groups excluding carboxylic acids is 1. The molecule has 1 N–H and O–H groups in total. The normalized spacial score (nSPS) is 11.1. The first-order valence-corrected chi connectivity index (χ1v) is 8.22. The van der Waals surface area contributed by atoms with E-state index in [4.69, 9.17) is 0 Å². The summed E-state index contributed by atoms with van der Waals surface area (Å²) in [4.78, 5) is 16.3. The van der Waals surface area contributed by atoms with Gasteiger partial charge in [-0.2, -0.15) is 5.10 Å². The van der Waals surface area contributed by atoms with Crippen LogP contribution in [0.3, 0.4) is 0 Å². The first kappa shape index (κ1) is 15.8. The smallest absolute Gasteiger partial charge is 0.248 e. The second kappa shape index (κ2) is 7.03. The second-order valence-corrected chi connectivity index (χ2v) is 5.75. The molecular weight excluding hydrogens is 324 g/mol. The summed E-state index contributed by atoms with van der Waals surface area (Å²) in [5.74, 6) is -0.203. The summed E-state index contributed by atoms with van der Waals surface area (Å²) >= 11 is 0. The van der Waals surface area contributed by atoms with E-state index in [2.05, 4.69) is 27.5 Å². The lowest BCUT2D eigenvalue weighted by Crippen LogP contribution is -2.10. The van der Waals surface area contributed by atoms with E-state index >= 15 is 0 Å². The average molecular weight is 340 g/mol. The van der Waals surface area contributed by atoms with E-state index in [9.17, 15) is 4.79 Å². The van der Waals surface area contributed by atoms with Crippen molar-refractivity contribution in [2.24, 2.45) is 0 Å². The number of aromatic nitrogens is 3. The number of rotatable bonds is 4. The van der Waals surface area contributed by atoms with E-state index in [1.807, 2.05) is 60.7 Å². The number of fused-ring (bicyclic) bond motifs is 1. The minimum absolute atomic E-state index is 0.203. The van der Waals surface area contributed by atoms with Crippen LogP contribution < -0.4 is 5.32 Å². The molecule has 0 aliphatic rings. The Bertz CT molecular complexity index is 1080. The van der Waals surface area contributed by atoms with Crippen molar-refractivity contribution in [3.8, 4) is 5.69 Å². The number of hydrogen-bond donors (Lipinski definition) is 1. The number of para-hydroxylation sites is 2. The molecule has 1 heterocycles. The van der Waals surface area contributed by atoms with E-state index in [0.717, 1.165) is 22.0 Å². The van der Waals surface area contributed by atoms with Gasteiger partial charge in [0.1, 0.15) is 12.7 Å². The van der Waals surface area contributed by atoms with Gasteiger partial charge in [-0.3, -0.25) is 4.79 Å². The fraction of sp³-hybridized carbons (Fsp3) is 0. The molecule has 0 bridgehead atoms. The van der Waals surface area contributed by atoms with Gasteiger partial charge in [0.25, 0.3) is 0 Å². The van der Waals surface area contributed by atoms with Gasteiger partial charge in [-0.05, 0) is 34.5 Å². The molecule has 26 heavy (non-hydrogen) atoms. The summed E-state index contributed by atoms with van der Waals surface area (Å²) in [5, 5.41) is 9.28. The van der Waals surface area contributed by atoms with Crippen molar-refractivity contribution in [2.45, 2.75) is 0 Å². The van der Waals surface area contributed by atoms with Crippen LogP contribution >= 0.6 is 0 Å². The van der Waals surface area contributed by atoms with Gasteiger partial charge in [0.05, 0.1) is 11.4 Å². The molecule has 1 amide bonds. The monoisotopic (exact) mass is 340 g/mol. The number of nitrogens with one attached hydrogen (secondary N) is 1. The van der Waals surface area contributed by atoms with Gasteiger partial charge in [0, 0.05) is 6.08 Å². The van der Waals surface area contributed by atoms with E-state index < -0.39 is 0 Å². The Labute approximate surface area is 150 Å². The third-order valence-electron chi connectivity index (χ3n) is 4.07. The third kappa shape index (κ3) is 3.23. The SMILES string of the molecule is O=C(C=Cc1cccc2ccccc12)Nc1ccccc1-n1cncn1. The van der Waals surface area contributed by atoms with Crippen LogP contribution in [-0.2, 0) is 4.79 Å². The average Bonchev–Trinajstić information content (AvgIpc) is 3.21. The highest BCUT2D eigenvalue weighted by Crippen LogP contribution is 2.21. The highest BCUT2D eigenvalue weighted by atomic mass is 16.1. The molecule has 4 aromatic rings. The van der Waals surface area contributed by atoms with Gasteiger partial charge in [-0.25, -0.2) is 9.67 Å². The van der Waals surface area contributed by atoms with Crippen molar-refractivity contribution < 1.29 is 4.79 Å². The maximum atomic E-state index is 12.4. The maximum Gasteiger partial charge on any atom is 0.248 e. The fourth-order valence-corrected chi connectivity index (χ4v) is 2.85. The standard InChI is InChI=1S/C21H16N4O/c26-21(13-12-17-8-5-7-16-6-1-2-9-18(16)17)24-19-10-3-4-11-20(19)25-15-22-14-23-25/h1-15H,(H,24,26). The van der Waals surface area contributed by atoms with Gasteiger partial charge in [0.2, 0.25) is 5.91 Å². The van der Waals surface area contributed by atoms with Crippen LogP contribution in [0.25, 0.3) is 22.5 Å². The molecule has 0 saturated carbocycles. The molecule has 0 saturated heterocycles. The third-order valence-corrected chi connectivity index (χ3v) is 4.07. The Kier molecular flexibility index (Phi) is 4.26. The molecule has 3 aromatic carbocycles. The lowest BCUT2D eigenvalue weighted by molar-refractivity contribution is -0.111. The van der Waals surface area contributed by atoms with Crippen molar-refractivity contribution >= 4 is 28.4 Å². The first-order chi connectivity index (χ1) is 12.8. The topological polar surface area (TPSA) is 59.8 Å². The second-order valence-electron chi connectivity index (χ2n) is 5.75. The first-order valence-electron chi connectivity index (χ1n) is 8.22. The number of anilines is 1. The van der Waals surface area contributed by atoms with Gasteiger partial charge >= 0.3 is 0 Å². The highest BCUT2D eigenvalue weighted by Gasteiger charge is 2.07. The quantitative estimate of drug-likeness (QED) is 0.570. The van der Waals surface area contributed by atoms with E-state index in [1.165, 1.54) is 6.33 Å². The van der Waals surface area contributed by atoms with Crippen molar-refractivity contribution in [3.63, 3.8) is 0 Å². The predicted octanol–water partition coefficient (Wildman–Crippen LogP) is 4.07. The number of benzene rings is 3. The van der Waals surface area contributed by atoms with Gasteiger partial charge in [-0.1, -0.05) is 54.6 Å². The summed E-state index contributed by atoms with van der Waals surface area (Å²) in [7, 11) is 0. The zero-order chi connectivity index (χ0) is 17.8. The Morgan fingerprint density at radius 2 is 1.77 bits per heavy atom. The van der Waals surface area contributed by atoms with Crippen molar-refractivity contribution in [2.75, 3.05) is 5.32 Å². The van der Waals surface area contributed by atoms with Gasteiger partial charge < -0.3 is 5.32 Å². The molecular formula is C21H16N4O. The lowest BCUT2D eigenvalue weighted by Gasteiger charge is -2.09. The van der Waals surface area contributed by atoms with Crippen LogP contribution in [-0.4, -0.2) is 20.7 Å². The van der Waals surface area contributed by atoms with E-state index in [1.54, 1.807) is 17.1 Å². The molecule has 4 rings (SSSR count). The minimum Gasteiger partial charge on any atom is -0.321 e. The van der Waals surface area contributed by atoms with E-state index in [-0.39, 0.29) is 5.91 Å². The molecule has 0 aliphatic heterocycles. The summed E-state index contributed by atoms with van der Waals surface area (Å²) in [5.41, 5.74) is 2.44. The summed E-state index contributed by atoms with van der Waals surface area (Å²) < 4.78 is 1.62. The summed E-state index contributed by atoms with van der Waals surface area (Å²) in [6.45, 7) is 0. The molecule has 0 unspecified atom stereocenters. The number of hydrogen-bond acceptors (Lipinski definition) is 3. The van der Waals surface area contributed by atoms with Gasteiger partial charge in [-0.15, -0.1) is 0 Å². The van der Waals surface area contributed by atoms with Crippen LogP contribution in [0, 0.1) is 0 Å². The maximum absolute atomic E-state index is 12.4. The molecule has 0 radical (unpaired) electrons. The molecule has 5 heteroatoms. The van der Waals surface area contributed by atoms with Crippen LogP contribution in [0.5, 0.6) is 0 Å². The van der Waals surface area contributed by atoms with Crippen molar-refractivity contribution in [1.29, 1.82) is 0 Å². The zero-order valence-electron chi connectivity index (χ0n) is 13.9. The highest BCUT2D eigenvalue weighted by molar-refractivity contribution is 6.04. The van der Waals surface area contributed by atoms with Crippen LogP contribution in [0.15, 0.2) is 85.5 Å². The number of carbonyl (C=O) groups is 1. The largest absolute Gasteiger partial charge is 0.321 e. The van der Waals surface area contributed by atoms with Crippen LogP contribution in [0.1, 0.15) is 5.56 Å². The molecule has 1 aromatic heterocycles. The Morgan fingerprint density at radius 1 is 0.962 bits per heavy atom. The molecule has 126 valence electrons. The zero-order valence-corrected chi connectivity index (χ0v) is 13.9. The molecule has 5 nitrogen and oxygen atoms in total. The van der Waals surface area contributed by atoms with E-state index in [0.29, 0.717) is 5.69 Å². The predicted molar refractivity (Wildman–Crippen MR) is 103 cm³/mol. The number of nitrogens with zero attached hydrogens (tertiary/aromatic N) is 3. The summed E-state index contributed by atoms with van der Waals surface area (Å²) in [6, 6.07) is 21.6. The lowest BCUT2D eigenvalue weighted by atomic mass is 10.0. The van der Waals surface area contributed by atoms with Crippen LogP contribution in [0.2, 0.25) is 0 Å². The van der Waals surface area contributed by atoms with Crippen molar-refractivity contribution in [1.82, 2.24) is 14.8 Å². The van der Waals surface area contributed by atoms with Crippen molar-refractivity contribution in [3.05, 3.63) is 91.0 Å². The molecule has 0 aliphatic carbocycles. The minimum atomic E-state index is -0.203. The van der Waals surface area contributed by atoms with Gasteiger partial charge in [0.15, 0.2) is 0 Å². The Morgan fingerprint density at radius 3 is 2.65 bits per heavy atom. The van der Waals surface area contributed by atoms with Crippen LogP contribution in [0.4, 0.5) is 5.69 Å². The molecule has 0 spiro atoms. The number of amides is 1. The molecule has 0 atom stereocenters.